The van der Waals surface area contributed by atoms with Gasteiger partial charge in [-0.15, -0.1) is 0 Å². The van der Waals surface area contributed by atoms with Crippen molar-refractivity contribution in [2.45, 2.75) is 84.2 Å². The molecule has 9 nitrogen and oxygen atoms in total. The second kappa shape index (κ2) is 12.6. The van der Waals surface area contributed by atoms with Gasteiger partial charge in [0, 0.05) is 30.7 Å². The quantitative estimate of drug-likeness (QED) is 0.529. The molecule has 0 heterocycles. The Morgan fingerprint density at radius 2 is 1.82 bits per heavy atom. The minimum absolute atomic E-state index is 0.0589. The number of ether oxygens (including phenoxy) is 2. The number of nitrogens with zero attached hydrogens (tertiary/aromatic N) is 1. The van der Waals surface area contributed by atoms with Gasteiger partial charge in [0.15, 0.2) is 0 Å². The average molecular weight is 478 g/mol. The molecule has 0 unspecified atom stereocenters. The third-order valence-corrected chi connectivity index (χ3v) is 5.70. The van der Waals surface area contributed by atoms with Crippen molar-refractivity contribution in [3.63, 3.8) is 0 Å². The van der Waals surface area contributed by atoms with Crippen LogP contribution in [0.15, 0.2) is 30.3 Å². The third-order valence-electron chi connectivity index (χ3n) is 5.70. The third kappa shape index (κ3) is 8.85. The van der Waals surface area contributed by atoms with Gasteiger partial charge in [0.05, 0.1) is 0 Å². The summed E-state index contributed by atoms with van der Waals surface area (Å²) in [6, 6.07) is 8.86. The minimum atomic E-state index is -0.675. The Balaban J connectivity index is 1.84. The summed E-state index contributed by atoms with van der Waals surface area (Å²) in [5, 5.41) is 15.3. The molecule has 0 bridgehead atoms. The number of carbonyl (C=O) groups is 3. The van der Waals surface area contributed by atoms with Crippen LogP contribution in [-0.2, 0) is 20.9 Å². The number of amides is 3. The van der Waals surface area contributed by atoms with E-state index in [-0.39, 0.29) is 55.8 Å². The lowest BCUT2D eigenvalue weighted by Gasteiger charge is -2.43. The van der Waals surface area contributed by atoms with Crippen molar-refractivity contribution >= 4 is 18.1 Å². The summed E-state index contributed by atoms with van der Waals surface area (Å²) in [4.78, 5) is 38.8. The Labute approximate surface area is 202 Å². The average Bonchev–Trinajstić information content (AvgIpc) is 2.76. The van der Waals surface area contributed by atoms with E-state index in [1.165, 1.54) is 0 Å². The summed E-state index contributed by atoms with van der Waals surface area (Å²) in [5.41, 5.74) is 0.257. The number of carbonyl (C=O) groups excluding carboxylic acids is 3. The summed E-state index contributed by atoms with van der Waals surface area (Å²) in [6.07, 6.45) is 0.777. The van der Waals surface area contributed by atoms with Gasteiger partial charge in [-0.1, -0.05) is 30.3 Å². The summed E-state index contributed by atoms with van der Waals surface area (Å²) in [6.45, 7) is 9.15. The lowest BCUT2D eigenvalue weighted by molar-refractivity contribution is -0.121. The van der Waals surface area contributed by atoms with Crippen LogP contribution in [0.1, 0.15) is 59.4 Å². The first kappa shape index (κ1) is 27.4. The fraction of sp³-hybridized carbons (Fsp3) is 0.640. The van der Waals surface area contributed by atoms with Crippen LogP contribution in [-0.4, -0.2) is 65.0 Å². The molecule has 3 amide bonds. The van der Waals surface area contributed by atoms with Gasteiger partial charge in [0.2, 0.25) is 5.91 Å². The van der Waals surface area contributed by atoms with Crippen LogP contribution in [0, 0.1) is 5.92 Å². The number of hydrogen-bond donors (Lipinski definition) is 3. The molecule has 2 rings (SSSR count). The fourth-order valence-corrected chi connectivity index (χ4v) is 4.16. The van der Waals surface area contributed by atoms with Crippen LogP contribution < -0.4 is 10.6 Å². The molecule has 1 aliphatic carbocycles. The van der Waals surface area contributed by atoms with Gasteiger partial charge >= 0.3 is 12.2 Å². The molecule has 1 aromatic carbocycles. The van der Waals surface area contributed by atoms with E-state index in [0.29, 0.717) is 19.3 Å². The molecular formula is C25H39N3O6. The highest BCUT2D eigenvalue weighted by atomic mass is 16.6. The van der Waals surface area contributed by atoms with E-state index in [9.17, 15) is 19.5 Å². The maximum atomic E-state index is 12.8. The normalized spacial score (nSPS) is 20.4. The molecule has 0 spiro atoms. The highest BCUT2D eigenvalue weighted by Crippen LogP contribution is 2.30. The van der Waals surface area contributed by atoms with Crippen LogP contribution >= 0.6 is 0 Å². The zero-order valence-electron chi connectivity index (χ0n) is 20.9. The maximum absolute atomic E-state index is 12.8. The van der Waals surface area contributed by atoms with E-state index in [0.717, 1.165) is 5.56 Å². The van der Waals surface area contributed by atoms with E-state index >= 15 is 0 Å². The standard InChI is InChI=1S/C25H39N3O6/c1-17(2)28(24(32)34-25(3,4)5)20-11-12-21(19(13-20)15-29)27-22(30)14-26-23(31)33-16-18-9-7-6-8-10-18/h6-10,17,19-21,29H,11-16H2,1-5H3,(H,26,31)(H,27,30)/t19-,20+,21-/m0/s1. The predicted molar refractivity (Wildman–Crippen MR) is 128 cm³/mol. The first-order valence-electron chi connectivity index (χ1n) is 11.9. The van der Waals surface area contributed by atoms with Gasteiger partial charge in [0.25, 0.3) is 0 Å². The van der Waals surface area contributed by atoms with Gasteiger partial charge in [-0.2, -0.15) is 0 Å². The molecule has 0 saturated heterocycles. The van der Waals surface area contributed by atoms with Crippen molar-refractivity contribution < 1.29 is 29.0 Å². The van der Waals surface area contributed by atoms with Crippen LogP contribution in [0.2, 0.25) is 0 Å². The SMILES string of the molecule is CC(C)N(C(=O)OC(C)(C)C)[C@@H]1CC[C@H](NC(=O)CNC(=O)OCc2ccccc2)[C@H](CO)C1. The van der Waals surface area contributed by atoms with E-state index < -0.39 is 11.7 Å². The Morgan fingerprint density at radius 3 is 2.41 bits per heavy atom. The topological polar surface area (TPSA) is 117 Å². The van der Waals surface area contributed by atoms with Crippen LogP contribution in [0.4, 0.5) is 9.59 Å². The zero-order valence-corrected chi connectivity index (χ0v) is 20.9. The van der Waals surface area contributed by atoms with E-state index in [2.05, 4.69) is 10.6 Å². The highest BCUT2D eigenvalue weighted by Gasteiger charge is 2.38. The van der Waals surface area contributed by atoms with Crippen LogP contribution in [0.5, 0.6) is 0 Å². The van der Waals surface area contributed by atoms with Crippen molar-refractivity contribution in [1.29, 1.82) is 0 Å². The number of alkyl carbamates (subject to hydrolysis) is 1. The second-order valence-electron chi connectivity index (χ2n) is 9.98. The van der Waals surface area contributed by atoms with E-state index in [1.807, 2.05) is 65.0 Å². The maximum Gasteiger partial charge on any atom is 0.410 e. The Hall–Kier alpha value is -2.81. The zero-order chi connectivity index (χ0) is 25.3. The van der Waals surface area contributed by atoms with Crippen molar-refractivity contribution in [1.82, 2.24) is 15.5 Å². The van der Waals surface area contributed by atoms with Crippen LogP contribution in [0.25, 0.3) is 0 Å². The molecule has 0 aliphatic heterocycles. The lowest BCUT2D eigenvalue weighted by Crippen LogP contribution is -2.54. The van der Waals surface area contributed by atoms with Crippen molar-refractivity contribution in [2.75, 3.05) is 13.2 Å². The molecule has 0 aromatic heterocycles. The van der Waals surface area contributed by atoms with Gasteiger partial charge in [0.1, 0.15) is 18.8 Å². The molecule has 9 heteroatoms. The molecular weight excluding hydrogens is 438 g/mol. The number of nitrogens with one attached hydrogen (secondary N) is 2. The van der Waals surface area contributed by atoms with E-state index in [1.54, 1.807) is 4.90 Å². The molecule has 1 fully saturated rings. The molecule has 0 radical (unpaired) electrons. The smallest absolute Gasteiger partial charge is 0.410 e. The number of benzene rings is 1. The van der Waals surface area contributed by atoms with Gasteiger partial charge in [-0.3, -0.25) is 4.79 Å². The van der Waals surface area contributed by atoms with Crippen molar-refractivity contribution in [3.05, 3.63) is 35.9 Å². The molecule has 3 atom stereocenters. The molecule has 1 saturated carbocycles. The number of aliphatic hydroxyl groups excluding tert-OH is 1. The molecule has 190 valence electrons. The number of hydrogen-bond acceptors (Lipinski definition) is 6. The minimum Gasteiger partial charge on any atom is -0.445 e. The Kier molecular flexibility index (Phi) is 10.2. The first-order valence-corrected chi connectivity index (χ1v) is 11.9. The monoisotopic (exact) mass is 477 g/mol. The summed E-state index contributed by atoms with van der Waals surface area (Å²) in [5.74, 6) is -0.567. The molecule has 3 N–H and O–H groups in total. The number of aliphatic hydroxyl groups is 1. The predicted octanol–water partition coefficient (Wildman–Crippen LogP) is 3.20. The second-order valence-corrected chi connectivity index (χ2v) is 9.98. The van der Waals surface area contributed by atoms with Crippen molar-refractivity contribution in [3.8, 4) is 0 Å². The van der Waals surface area contributed by atoms with E-state index in [4.69, 9.17) is 9.47 Å². The fourth-order valence-electron chi connectivity index (χ4n) is 4.16. The highest BCUT2D eigenvalue weighted by molar-refractivity contribution is 5.82. The van der Waals surface area contributed by atoms with Gasteiger partial charge in [-0.05, 0) is 59.4 Å². The molecule has 34 heavy (non-hydrogen) atoms. The summed E-state index contributed by atoms with van der Waals surface area (Å²) < 4.78 is 10.7. The van der Waals surface area contributed by atoms with Crippen molar-refractivity contribution in [2.24, 2.45) is 5.92 Å². The Morgan fingerprint density at radius 1 is 1.15 bits per heavy atom. The summed E-state index contributed by atoms with van der Waals surface area (Å²) >= 11 is 0. The number of rotatable bonds is 8. The van der Waals surface area contributed by atoms with Gasteiger partial charge < -0.3 is 30.1 Å². The van der Waals surface area contributed by atoms with Gasteiger partial charge in [-0.25, -0.2) is 9.59 Å². The Bertz CT molecular complexity index is 809. The molecule has 1 aromatic rings. The first-order chi connectivity index (χ1) is 16.0. The largest absolute Gasteiger partial charge is 0.445 e. The molecule has 1 aliphatic rings. The summed E-state index contributed by atoms with van der Waals surface area (Å²) in [7, 11) is 0. The lowest BCUT2D eigenvalue weighted by atomic mass is 9.81. The van der Waals surface area contributed by atoms with Crippen LogP contribution in [0.3, 0.4) is 0 Å².